The molecule has 0 aromatic carbocycles. The largest absolute Gasteiger partial charge is 0.356 e. The van der Waals surface area contributed by atoms with Gasteiger partial charge in [0.15, 0.2) is 5.82 Å². The lowest BCUT2D eigenvalue weighted by atomic mass is 10.1. The van der Waals surface area contributed by atoms with Crippen LogP contribution in [-0.2, 0) is 0 Å². The van der Waals surface area contributed by atoms with Crippen LogP contribution in [0.25, 0.3) is 11.4 Å². The number of nitrogens with one attached hydrogen (secondary N) is 1. The quantitative estimate of drug-likeness (QED) is 0.885. The van der Waals surface area contributed by atoms with E-state index in [1.54, 1.807) is 11.3 Å². The SMILES string of the molecule is Cc1cscc1-c1nsc(NC(C)(C)C)n1. The van der Waals surface area contributed by atoms with E-state index in [4.69, 9.17) is 0 Å². The molecule has 0 saturated carbocycles. The van der Waals surface area contributed by atoms with Gasteiger partial charge in [-0.1, -0.05) is 0 Å². The molecule has 0 bridgehead atoms. The molecule has 0 atom stereocenters. The Morgan fingerprint density at radius 3 is 2.56 bits per heavy atom. The van der Waals surface area contributed by atoms with Gasteiger partial charge in [-0.2, -0.15) is 20.7 Å². The van der Waals surface area contributed by atoms with Crippen LogP contribution in [0.5, 0.6) is 0 Å². The number of nitrogens with zero attached hydrogens (tertiary/aromatic N) is 2. The molecule has 16 heavy (non-hydrogen) atoms. The Morgan fingerprint density at radius 2 is 2.00 bits per heavy atom. The molecule has 0 unspecified atom stereocenters. The first-order valence-electron chi connectivity index (χ1n) is 5.11. The van der Waals surface area contributed by atoms with Crippen molar-refractivity contribution in [2.75, 3.05) is 5.32 Å². The number of hydrogen-bond donors (Lipinski definition) is 1. The number of anilines is 1. The van der Waals surface area contributed by atoms with Gasteiger partial charge in [0.2, 0.25) is 5.13 Å². The zero-order valence-corrected chi connectivity index (χ0v) is 11.5. The Labute approximate surface area is 104 Å². The maximum atomic E-state index is 4.50. The molecule has 5 heteroatoms. The van der Waals surface area contributed by atoms with E-state index in [0.29, 0.717) is 0 Å². The van der Waals surface area contributed by atoms with Gasteiger partial charge < -0.3 is 5.32 Å². The lowest BCUT2D eigenvalue weighted by Crippen LogP contribution is -2.25. The Kier molecular flexibility index (Phi) is 2.99. The van der Waals surface area contributed by atoms with Crippen LogP contribution in [0.2, 0.25) is 0 Å². The maximum Gasteiger partial charge on any atom is 0.203 e. The summed E-state index contributed by atoms with van der Waals surface area (Å²) in [6.07, 6.45) is 0. The molecule has 2 heterocycles. The fourth-order valence-corrected chi connectivity index (χ4v) is 2.91. The van der Waals surface area contributed by atoms with Crippen molar-refractivity contribution in [2.24, 2.45) is 0 Å². The fourth-order valence-electron chi connectivity index (χ4n) is 1.29. The monoisotopic (exact) mass is 253 g/mol. The first-order chi connectivity index (χ1) is 7.46. The van der Waals surface area contributed by atoms with Gasteiger partial charge in [-0.05, 0) is 38.6 Å². The van der Waals surface area contributed by atoms with Crippen LogP contribution in [0.4, 0.5) is 5.13 Å². The van der Waals surface area contributed by atoms with Gasteiger partial charge in [0, 0.05) is 28.0 Å². The molecule has 0 aliphatic heterocycles. The summed E-state index contributed by atoms with van der Waals surface area (Å²) in [7, 11) is 0. The molecule has 0 fully saturated rings. The van der Waals surface area contributed by atoms with Crippen LogP contribution in [0.1, 0.15) is 26.3 Å². The van der Waals surface area contributed by atoms with E-state index in [1.807, 2.05) is 0 Å². The third-order valence-corrected chi connectivity index (χ3v) is 3.50. The second kappa shape index (κ2) is 4.14. The third kappa shape index (κ3) is 2.59. The number of hydrogen-bond acceptors (Lipinski definition) is 5. The molecule has 1 N–H and O–H groups in total. The molecule has 0 saturated heterocycles. The minimum atomic E-state index is 0.0283. The summed E-state index contributed by atoms with van der Waals surface area (Å²) in [6.45, 7) is 8.43. The van der Waals surface area contributed by atoms with Crippen molar-refractivity contribution in [3.63, 3.8) is 0 Å². The van der Waals surface area contributed by atoms with Gasteiger partial charge in [0.25, 0.3) is 0 Å². The lowest BCUT2D eigenvalue weighted by molar-refractivity contribution is 0.633. The summed E-state index contributed by atoms with van der Waals surface area (Å²) >= 11 is 3.10. The van der Waals surface area contributed by atoms with Gasteiger partial charge in [-0.15, -0.1) is 0 Å². The van der Waals surface area contributed by atoms with Crippen LogP contribution in [0, 0.1) is 6.92 Å². The predicted octanol–water partition coefficient (Wildman–Crippen LogP) is 3.79. The second-order valence-corrected chi connectivity index (χ2v) is 6.26. The highest BCUT2D eigenvalue weighted by molar-refractivity contribution is 7.10. The highest BCUT2D eigenvalue weighted by atomic mass is 32.1. The Balaban J connectivity index is 2.24. The van der Waals surface area contributed by atoms with Gasteiger partial charge >= 0.3 is 0 Å². The zero-order chi connectivity index (χ0) is 11.8. The van der Waals surface area contributed by atoms with Crippen molar-refractivity contribution in [3.8, 4) is 11.4 Å². The zero-order valence-electron chi connectivity index (χ0n) is 9.87. The van der Waals surface area contributed by atoms with Crippen molar-refractivity contribution in [3.05, 3.63) is 16.3 Å². The van der Waals surface area contributed by atoms with Crippen molar-refractivity contribution in [2.45, 2.75) is 33.2 Å². The molecular formula is C11H15N3S2. The normalized spacial score (nSPS) is 11.8. The van der Waals surface area contributed by atoms with Crippen LogP contribution in [0.3, 0.4) is 0 Å². The molecule has 2 aromatic heterocycles. The molecule has 2 aromatic rings. The third-order valence-electron chi connectivity index (χ3n) is 2.00. The van der Waals surface area contributed by atoms with Crippen molar-refractivity contribution >= 4 is 28.0 Å². The van der Waals surface area contributed by atoms with E-state index >= 15 is 0 Å². The minimum absolute atomic E-state index is 0.0283. The highest BCUT2D eigenvalue weighted by Crippen LogP contribution is 2.27. The average molecular weight is 253 g/mol. The highest BCUT2D eigenvalue weighted by Gasteiger charge is 2.14. The van der Waals surface area contributed by atoms with Crippen LogP contribution in [-0.4, -0.2) is 14.9 Å². The molecular weight excluding hydrogens is 238 g/mol. The van der Waals surface area contributed by atoms with Crippen LogP contribution < -0.4 is 5.32 Å². The molecule has 0 aliphatic rings. The number of aromatic nitrogens is 2. The summed E-state index contributed by atoms with van der Waals surface area (Å²) in [6, 6.07) is 0. The van der Waals surface area contributed by atoms with E-state index in [1.165, 1.54) is 17.1 Å². The van der Waals surface area contributed by atoms with Crippen molar-refractivity contribution in [1.82, 2.24) is 9.36 Å². The number of thiophene rings is 1. The predicted molar refractivity (Wildman–Crippen MR) is 71.3 cm³/mol. The summed E-state index contributed by atoms with van der Waals surface area (Å²) in [4.78, 5) is 4.50. The molecule has 86 valence electrons. The Hall–Kier alpha value is -0.940. The lowest BCUT2D eigenvalue weighted by Gasteiger charge is -2.18. The topological polar surface area (TPSA) is 37.8 Å². The van der Waals surface area contributed by atoms with Gasteiger partial charge in [0.05, 0.1) is 0 Å². The van der Waals surface area contributed by atoms with Crippen LogP contribution in [0.15, 0.2) is 10.8 Å². The molecule has 0 radical (unpaired) electrons. The van der Waals surface area contributed by atoms with E-state index in [0.717, 1.165) is 16.5 Å². The number of aryl methyl sites for hydroxylation is 1. The molecule has 0 aliphatic carbocycles. The van der Waals surface area contributed by atoms with Gasteiger partial charge in [-0.3, -0.25) is 0 Å². The van der Waals surface area contributed by atoms with Crippen LogP contribution >= 0.6 is 22.9 Å². The van der Waals surface area contributed by atoms with E-state index < -0.39 is 0 Å². The van der Waals surface area contributed by atoms with E-state index in [-0.39, 0.29) is 5.54 Å². The Morgan fingerprint density at radius 1 is 1.25 bits per heavy atom. The average Bonchev–Trinajstić information content (AvgIpc) is 2.71. The molecule has 0 spiro atoms. The summed E-state index contributed by atoms with van der Waals surface area (Å²) in [5.41, 5.74) is 2.41. The van der Waals surface area contributed by atoms with Gasteiger partial charge in [-0.25, -0.2) is 0 Å². The van der Waals surface area contributed by atoms with Crippen molar-refractivity contribution in [1.29, 1.82) is 0 Å². The smallest absolute Gasteiger partial charge is 0.203 e. The van der Waals surface area contributed by atoms with E-state index in [2.05, 4.69) is 53.1 Å². The second-order valence-electron chi connectivity index (χ2n) is 4.77. The summed E-state index contributed by atoms with van der Waals surface area (Å²) < 4.78 is 4.38. The fraction of sp³-hybridized carbons (Fsp3) is 0.455. The molecule has 2 rings (SSSR count). The maximum absolute atomic E-state index is 4.50. The van der Waals surface area contributed by atoms with Gasteiger partial charge in [0.1, 0.15) is 0 Å². The standard InChI is InChI=1S/C11H15N3S2/c1-7-5-15-6-8(7)9-12-10(16-14-9)13-11(2,3)4/h5-6H,1-4H3,(H,12,13,14). The minimum Gasteiger partial charge on any atom is -0.356 e. The summed E-state index contributed by atoms with van der Waals surface area (Å²) in [5, 5.41) is 8.43. The summed E-state index contributed by atoms with van der Waals surface area (Å²) in [5.74, 6) is 0.829. The molecule has 3 nitrogen and oxygen atoms in total. The number of rotatable bonds is 2. The van der Waals surface area contributed by atoms with E-state index in [9.17, 15) is 0 Å². The first kappa shape index (κ1) is 11.5. The Bertz CT molecular complexity index is 479. The molecule has 0 amide bonds. The first-order valence-corrected chi connectivity index (χ1v) is 6.82. The van der Waals surface area contributed by atoms with Crippen molar-refractivity contribution < 1.29 is 0 Å².